The Morgan fingerprint density at radius 2 is 1.85 bits per heavy atom. The van der Waals surface area contributed by atoms with E-state index in [0.717, 1.165) is 5.82 Å². The first kappa shape index (κ1) is 16.9. The number of urea groups is 1. The molecule has 1 N–H and O–H groups in total. The molecule has 3 aromatic rings. The summed E-state index contributed by atoms with van der Waals surface area (Å²) in [6.45, 7) is 2.56. The van der Waals surface area contributed by atoms with Crippen LogP contribution in [0.15, 0.2) is 36.7 Å². The van der Waals surface area contributed by atoms with Crippen molar-refractivity contribution in [1.29, 1.82) is 0 Å². The number of nitrogens with one attached hydrogen (secondary N) is 1. The fourth-order valence-corrected chi connectivity index (χ4v) is 3.10. The lowest BCUT2D eigenvalue weighted by atomic mass is 10.3. The summed E-state index contributed by atoms with van der Waals surface area (Å²) in [4.78, 5) is 16.3. The van der Waals surface area contributed by atoms with E-state index in [9.17, 15) is 4.79 Å². The fraction of sp³-hybridized carbons (Fsp3) is 0.250. The highest BCUT2D eigenvalue weighted by Crippen LogP contribution is 2.25. The molecule has 10 heteroatoms. The number of hydrogen-bond acceptors (Lipinski definition) is 5. The van der Waals surface area contributed by atoms with Gasteiger partial charge in [0.05, 0.1) is 10.0 Å². The monoisotopic (exact) mass is 391 g/mol. The second kappa shape index (κ2) is 6.97. The number of aromatic nitrogens is 4. The van der Waals surface area contributed by atoms with Gasteiger partial charge in [-0.3, -0.25) is 0 Å². The number of rotatable bonds is 2. The van der Waals surface area contributed by atoms with Crippen LogP contribution in [0.4, 0.5) is 16.3 Å². The lowest BCUT2D eigenvalue weighted by Gasteiger charge is -2.35. The van der Waals surface area contributed by atoms with E-state index in [1.807, 2.05) is 12.1 Å². The van der Waals surface area contributed by atoms with E-state index < -0.39 is 0 Å². The number of benzene rings is 1. The van der Waals surface area contributed by atoms with Crippen molar-refractivity contribution in [2.45, 2.75) is 0 Å². The molecule has 0 atom stereocenters. The van der Waals surface area contributed by atoms with Gasteiger partial charge in [0.15, 0.2) is 5.65 Å². The predicted octanol–water partition coefficient (Wildman–Crippen LogP) is 2.79. The van der Waals surface area contributed by atoms with Crippen molar-refractivity contribution < 1.29 is 4.79 Å². The number of carbonyl (C=O) groups excluding carboxylic acids is 1. The minimum Gasteiger partial charge on any atom is -0.352 e. The first-order valence-corrected chi connectivity index (χ1v) is 8.79. The SMILES string of the molecule is O=C(Nc1ccc(Cl)c(Cl)c1)N1CCN(c2ccc3nncn3n2)CC1. The number of anilines is 2. The Kier molecular flexibility index (Phi) is 4.52. The summed E-state index contributed by atoms with van der Waals surface area (Å²) in [7, 11) is 0. The van der Waals surface area contributed by atoms with Crippen LogP contribution < -0.4 is 10.2 Å². The molecule has 2 aromatic heterocycles. The van der Waals surface area contributed by atoms with Crippen LogP contribution in [0.3, 0.4) is 0 Å². The third-order valence-electron chi connectivity index (χ3n) is 4.21. The van der Waals surface area contributed by atoms with E-state index >= 15 is 0 Å². The van der Waals surface area contributed by atoms with Crippen molar-refractivity contribution in [3.8, 4) is 0 Å². The summed E-state index contributed by atoms with van der Waals surface area (Å²) < 4.78 is 1.64. The summed E-state index contributed by atoms with van der Waals surface area (Å²) in [5, 5.41) is 16.0. The molecule has 0 unspecified atom stereocenters. The normalized spacial score (nSPS) is 14.7. The van der Waals surface area contributed by atoms with Gasteiger partial charge in [-0.05, 0) is 30.3 Å². The highest BCUT2D eigenvalue weighted by molar-refractivity contribution is 6.42. The number of amides is 2. The molecular weight excluding hydrogens is 377 g/mol. The third-order valence-corrected chi connectivity index (χ3v) is 4.95. The molecule has 8 nitrogen and oxygen atoms in total. The second-order valence-electron chi connectivity index (χ2n) is 5.86. The minimum atomic E-state index is -0.162. The Balaban J connectivity index is 1.37. The van der Waals surface area contributed by atoms with Gasteiger partial charge in [0.1, 0.15) is 12.1 Å². The number of hydrogen-bond donors (Lipinski definition) is 1. The van der Waals surface area contributed by atoms with Gasteiger partial charge in [-0.25, -0.2) is 4.79 Å². The molecule has 0 spiro atoms. The molecular formula is C16H15Cl2N7O. The predicted molar refractivity (Wildman–Crippen MR) is 100 cm³/mol. The van der Waals surface area contributed by atoms with Gasteiger partial charge in [0, 0.05) is 31.9 Å². The summed E-state index contributed by atoms with van der Waals surface area (Å²) in [5.41, 5.74) is 1.32. The summed E-state index contributed by atoms with van der Waals surface area (Å²) in [5.74, 6) is 0.835. The third kappa shape index (κ3) is 3.38. The lowest BCUT2D eigenvalue weighted by Crippen LogP contribution is -2.50. The highest BCUT2D eigenvalue weighted by Gasteiger charge is 2.22. The molecule has 0 aliphatic carbocycles. The van der Waals surface area contributed by atoms with Gasteiger partial charge in [0.25, 0.3) is 0 Å². The zero-order chi connectivity index (χ0) is 18.1. The van der Waals surface area contributed by atoms with Crippen LogP contribution in [0, 0.1) is 0 Å². The highest BCUT2D eigenvalue weighted by atomic mass is 35.5. The Labute approximate surface area is 159 Å². The quantitative estimate of drug-likeness (QED) is 0.726. The number of halogens is 2. The smallest absolute Gasteiger partial charge is 0.321 e. The lowest BCUT2D eigenvalue weighted by molar-refractivity contribution is 0.208. The first-order valence-electron chi connectivity index (χ1n) is 8.03. The Morgan fingerprint density at radius 3 is 2.62 bits per heavy atom. The molecule has 0 bridgehead atoms. The molecule has 3 heterocycles. The van der Waals surface area contributed by atoms with Crippen molar-refractivity contribution in [2.24, 2.45) is 0 Å². The van der Waals surface area contributed by atoms with Gasteiger partial charge in [-0.15, -0.1) is 15.3 Å². The van der Waals surface area contributed by atoms with Crippen LogP contribution in [-0.4, -0.2) is 56.9 Å². The van der Waals surface area contributed by atoms with Crippen LogP contribution in [-0.2, 0) is 0 Å². The van der Waals surface area contributed by atoms with Crippen LogP contribution in [0.2, 0.25) is 10.0 Å². The van der Waals surface area contributed by atoms with E-state index in [0.29, 0.717) is 47.6 Å². The van der Waals surface area contributed by atoms with Crippen LogP contribution in [0.1, 0.15) is 0 Å². The topological polar surface area (TPSA) is 78.7 Å². The molecule has 2 amide bonds. The molecule has 1 saturated heterocycles. The van der Waals surface area contributed by atoms with Gasteiger partial charge in [-0.1, -0.05) is 23.2 Å². The van der Waals surface area contributed by atoms with Crippen molar-refractivity contribution in [2.75, 3.05) is 36.4 Å². The summed E-state index contributed by atoms with van der Waals surface area (Å²) in [6, 6.07) is 8.64. The Bertz CT molecular complexity index is 953. The van der Waals surface area contributed by atoms with E-state index in [1.165, 1.54) is 0 Å². The maximum Gasteiger partial charge on any atom is 0.321 e. The van der Waals surface area contributed by atoms with E-state index in [2.05, 4.69) is 25.5 Å². The molecule has 4 rings (SSSR count). The van der Waals surface area contributed by atoms with Crippen LogP contribution in [0.5, 0.6) is 0 Å². The maximum atomic E-state index is 12.4. The minimum absolute atomic E-state index is 0.162. The molecule has 1 aliphatic rings. The maximum absolute atomic E-state index is 12.4. The first-order chi connectivity index (χ1) is 12.6. The Morgan fingerprint density at radius 1 is 1.04 bits per heavy atom. The van der Waals surface area contributed by atoms with Crippen molar-refractivity contribution in [3.63, 3.8) is 0 Å². The molecule has 1 fully saturated rings. The fourth-order valence-electron chi connectivity index (χ4n) is 2.80. The summed E-state index contributed by atoms with van der Waals surface area (Å²) in [6.07, 6.45) is 1.57. The Hall–Kier alpha value is -2.58. The average Bonchev–Trinajstić information content (AvgIpc) is 3.12. The van der Waals surface area contributed by atoms with Gasteiger partial charge >= 0.3 is 6.03 Å². The van der Waals surface area contributed by atoms with E-state index in [-0.39, 0.29) is 6.03 Å². The van der Waals surface area contributed by atoms with E-state index in [4.69, 9.17) is 23.2 Å². The van der Waals surface area contributed by atoms with Crippen LogP contribution >= 0.6 is 23.2 Å². The largest absolute Gasteiger partial charge is 0.352 e. The zero-order valence-corrected chi connectivity index (χ0v) is 15.2. The average molecular weight is 392 g/mol. The van der Waals surface area contributed by atoms with Gasteiger partial charge in [-0.2, -0.15) is 4.52 Å². The van der Waals surface area contributed by atoms with E-state index in [1.54, 1.807) is 33.9 Å². The van der Waals surface area contributed by atoms with Crippen molar-refractivity contribution >= 4 is 46.4 Å². The van der Waals surface area contributed by atoms with Crippen molar-refractivity contribution in [3.05, 3.63) is 46.7 Å². The van der Waals surface area contributed by atoms with Gasteiger partial charge < -0.3 is 15.1 Å². The molecule has 1 aromatic carbocycles. The molecule has 26 heavy (non-hydrogen) atoms. The molecule has 0 radical (unpaired) electrons. The standard InChI is InChI=1S/C16H15Cl2N7O/c17-12-2-1-11(9-13(12)18)20-16(26)24-7-5-23(6-8-24)15-4-3-14-21-19-10-25(14)22-15/h1-4,9-10H,5-8H2,(H,20,26). The van der Waals surface area contributed by atoms with Crippen molar-refractivity contribution in [1.82, 2.24) is 24.7 Å². The summed E-state index contributed by atoms with van der Waals surface area (Å²) >= 11 is 11.9. The number of carbonyl (C=O) groups is 1. The molecule has 1 aliphatic heterocycles. The molecule has 0 saturated carbocycles. The second-order valence-corrected chi connectivity index (χ2v) is 6.67. The number of nitrogens with zero attached hydrogens (tertiary/aromatic N) is 6. The number of fused-ring (bicyclic) bond motifs is 1. The van der Waals surface area contributed by atoms with Gasteiger partial charge in [0.2, 0.25) is 0 Å². The zero-order valence-electron chi connectivity index (χ0n) is 13.6. The molecule has 134 valence electrons. The number of piperazine rings is 1. The van der Waals surface area contributed by atoms with Crippen LogP contribution in [0.25, 0.3) is 5.65 Å².